The zero-order valence-corrected chi connectivity index (χ0v) is 13.3. The summed E-state index contributed by atoms with van der Waals surface area (Å²) in [6.07, 6.45) is -0.186. The van der Waals surface area contributed by atoms with Crippen molar-refractivity contribution < 1.29 is 27.8 Å². The van der Waals surface area contributed by atoms with E-state index in [1.165, 1.54) is 18.2 Å². The van der Waals surface area contributed by atoms with Crippen LogP contribution in [-0.4, -0.2) is 31.4 Å². The van der Waals surface area contributed by atoms with Gasteiger partial charge in [0.25, 0.3) is 5.91 Å². The zero-order valence-electron chi connectivity index (χ0n) is 13.3. The molecule has 1 amide bonds. The van der Waals surface area contributed by atoms with Crippen molar-refractivity contribution in [3.05, 3.63) is 30.0 Å². The normalized spacial score (nSPS) is 23.6. The second-order valence-corrected chi connectivity index (χ2v) is 6.03. The van der Waals surface area contributed by atoms with E-state index in [0.29, 0.717) is 6.42 Å². The van der Waals surface area contributed by atoms with Gasteiger partial charge in [-0.2, -0.15) is 0 Å². The molecule has 0 aromatic heterocycles. The van der Waals surface area contributed by atoms with Crippen LogP contribution in [0.2, 0.25) is 0 Å². The van der Waals surface area contributed by atoms with Crippen molar-refractivity contribution in [1.29, 1.82) is 0 Å². The molecule has 0 saturated heterocycles. The van der Waals surface area contributed by atoms with Gasteiger partial charge in [-0.3, -0.25) is 4.79 Å². The molecule has 0 spiro atoms. The number of benzene rings is 1. The van der Waals surface area contributed by atoms with Gasteiger partial charge in [0.1, 0.15) is 5.75 Å². The van der Waals surface area contributed by atoms with Crippen LogP contribution in [0.3, 0.4) is 0 Å². The molecule has 1 aliphatic carbocycles. The van der Waals surface area contributed by atoms with E-state index in [1.807, 2.05) is 20.0 Å². The lowest BCUT2D eigenvalue weighted by molar-refractivity contribution is -0.286. The summed E-state index contributed by atoms with van der Waals surface area (Å²) in [6.45, 7) is 1.73. The Morgan fingerprint density at radius 2 is 2.08 bits per heavy atom. The summed E-state index contributed by atoms with van der Waals surface area (Å²) in [5.74, 6) is -0.230. The molecule has 3 rings (SSSR count). The van der Waals surface area contributed by atoms with Crippen molar-refractivity contribution in [3.8, 4) is 17.2 Å². The van der Waals surface area contributed by atoms with Crippen molar-refractivity contribution >= 4 is 5.91 Å². The van der Waals surface area contributed by atoms with Gasteiger partial charge in [0, 0.05) is 30.8 Å². The van der Waals surface area contributed by atoms with Crippen molar-refractivity contribution in [1.82, 2.24) is 10.6 Å². The maximum atomic E-state index is 13.0. The van der Waals surface area contributed by atoms with Crippen LogP contribution >= 0.6 is 0 Å². The van der Waals surface area contributed by atoms with Crippen molar-refractivity contribution in [2.24, 2.45) is 0 Å². The first-order valence-corrected chi connectivity index (χ1v) is 7.49. The quantitative estimate of drug-likeness (QED) is 0.860. The minimum Gasteiger partial charge on any atom is -0.484 e. The highest BCUT2D eigenvalue weighted by atomic mass is 19.3. The number of halogens is 2. The van der Waals surface area contributed by atoms with Gasteiger partial charge in [-0.05, 0) is 25.5 Å². The smallest absolute Gasteiger partial charge is 0.484 e. The van der Waals surface area contributed by atoms with Gasteiger partial charge in [0.15, 0.2) is 18.1 Å². The third-order valence-corrected chi connectivity index (χ3v) is 3.88. The number of hydrogen-bond donors (Lipinski definition) is 2. The molecule has 2 N–H and O–H groups in total. The molecule has 130 valence electrons. The van der Waals surface area contributed by atoms with Gasteiger partial charge in [-0.25, -0.2) is 0 Å². The highest BCUT2D eigenvalue weighted by Gasteiger charge is 2.43. The first-order valence-electron chi connectivity index (χ1n) is 7.49. The standard InChI is InChI=1S/C16H18F2N2O4/c1-15(6-5-10(8-15)19-2)20-14(21)9-22-11-3-4-12-13(7-11)24-16(17,18)23-12/h3-5,7,19H,6,8-9H2,1-2H3,(H,20,21). The van der Waals surface area contributed by atoms with Crippen LogP contribution in [0.1, 0.15) is 19.8 Å². The summed E-state index contributed by atoms with van der Waals surface area (Å²) in [6, 6.07) is 4.02. The average molecular weight is 340 g/mol. The molecule has 1 heterocycles. The van der Waals surface area contributed by atoms with Crippen LogP contribution in [0.25, 0.3) is 0 Å². The number of ether oxygens (including phenoxy) is 3. The highest BCUT2D eigenvalue weighted by Crippen LogP contribution is 2.42. The van der Waals surface area contributed by atoms with Crippen LogP contribution in [-0.2, 0) is 4.79 Å². The molecule has 24 heavy (non-hydrogen) atoms. The molecule has 0 saturated carbocycles. The monoisotopic (exact) mass is 340 g/mol. The fraction of sp³-hybridized carbons (Fsp3) is 0.438. The Kier molecular flexibility index (Phi) is 3.98. The van der Waals surface area contributed by atoms with E-state index in [1.54, 1.807) is 0 Å². The SMILES string of the molecule is CNC1=CCC(C)(NC(=O)COc2ccc3c(c2)OC(F)(F)O3)C1. The second kappa shape index (κ2) is 5.85. The summed E-state index contributed by atoms with van der Waals surface area (Å²) >= 11 is 0. The van der Waals surface area contributed by atoms with Crippen molar-refractivity contribution in [3.63, 3.8) is 0 Å². The summed E-state index contributed by atoms with van der Waals surface area (Å²) in [7, 11) is 1.84. The molecule has 8 heteroatoms. The molecule has 1 atom stereocenters. The molecule has 6 nitrogen and oxygen atoms in total. The van der Waals surface area contributed by atoms with Gasteiger partial charge < -0.3 is 24.8 Å². The second-order valence-electron chi connectivity index (χ2n) is 6.03. The first-order chi connectivity index (χ1) is 11.3. The Bertz CT molecular complexity index is 693. The van der Waals surface area contributed by atoms with E-state index in [4.69, 9.17) is 4.74 Å². The van der Waals surface area contributed by atoms with Crippen LogP contribution in [0.15, 0.2) is 30.0 Å². The Labute approximate surface area is 137 Å². The summed E-state index contributed by atoms with van der Waals surface area (Å²) in [5, 5.41) is 6.00. The lowest BCUT2D eigenvalue weighted by Gasteiger charge is -2.26. The van der Waals surface area contributed by atoms with Crippen molar-refractivity contribution in [2.45, 2.75) is 31.6 Å². The number of nitrogens with one attached hydrogen (secondary N) is 2. The summed E-state index contributed by atoms with van der Waals surface area (Å²) in [4.78, 5) is 12.1. The highest BCUT2D eigenvalue weighted by molar-refractivity contribution is 5.78. The minimum absolute atomic E-state index is 0.0686. The lowest BCUT2D eigenvalue weighted by atomic mass is 9.99. The van der Waals surface area contributed by atoms with Gasteiger partial charge in [-0.15, -0.1) is 8.78 Å². The molecule has 1 aliphatic heterocycles. The zero-order chi connectivity index (χ0) is 17.4. The predicted molar refractivity (Wildman–Crippen MR) is 81.1 cm³/mol. The maximum Gasteiger partial charge on any atom is 0.586 e. The largest absolute Gasteiger partial charge is 0.586 e. The maximum absolute atomic E-state index is 13.0. The molecule has 1 aromatic carbocycles. The Morgan fingerprint density at radius 3 is 2.79 bits per heavy atom. The average Bonchev–Trinajstić information content (AvgIpc) is 3.02. The van der Waals surface area contributed by atoms with Crippen LogP contribution in [0.5, 0.6) is 17.2 Å². The number of alkyl halides is 2. The third kappa shape index (κ3) is 3.52. The van der Waals surface area contributed by atoms with Gasteiger partial charge in [0.2, 0.25) is 0 Å². The van der Waals surface area contributed by atoms with E-state index in [0.717, 1.165) is 12.1 Å². The van der Waals surface area contributed by atoms with E-state index < -0.39 is 6.29 Å². The first kappa shape index (κ1) is 16.4. The molecular formula is C16H18F2N2O4. The number of carbonyl (C=O) groups is 1. The molecule has 0 bridgehead atoms. The van der Waals surface area contributed by atoms with E-state index >= 15 is 0 Å². The van der Waals surface area contributed by atoms with Gasteiger partial charge >= 0.3 is 6.29 Å². The number of fused-ring (bicyclic) bond motifs is 1. The molecule has 2 aliphatic rings. The van der Waals surface area contributed by atoms with E-state index in [9.17, 15) is 13.6 Å². The Balaban J connectivity index is 1.53. The molecule has 0 radical (unpaired) electrons. The topological polar surface area (TPSA) is 68.8 Å². The number of rotatable bonds is 5. The number of carbonyl (C=O) groups excluding carboxylic acids is 1. The van der Waals surface area contributed by atoms with Crippen LogP contribution in [0, 0.1) is 0 Å². The van der Waals surface area contributed by atoms with E-state index in [-0.39, 0.29) is 35.3 Å². The number of hydrogen-bond acceptors (Lipinski definition) is 5. The fourth-order valence-electron chi connectivity index (χ4n) is 2.74. The number of amides is 1. The Morgan fingerprint density at radius 1 is 1.33 bits per heavy atom. The summed E-state index contributed by atoms with van der Waals surface area (Å²) < 4.78 is 39.9. The van der Waals surface area contributed by atoms with Crippen LogP contribution in [0.4, 0.5) is 8.78 Å². The van der Waals surface area contributed by atoms with Crippen molar-refractivity contribution in [2.75, 3.05) is 13.7 Å². The van der Waals surface area contributed by atoms with Gasteiger partial charge in [-0.1, -0.05) is 6.08 Å². The van der Waals surface area contributed by atoms with Crippen LogP contribution < -0.4 is 24.8 Å². The lowest BCUT2D eigenvalue weighted by Crippen LogP contribution is -2.46. The molecular weight excluding hydrogens is 322 g/mol. The van der Waals surface area contributed by atoms with Gasteiger partial charge in [0.05, 0.1) is 0 Å². The third-order valence-electron chi connectivity index (χ3n) is 3.88. The summed E-state index contributed by atoms with van der Waals surface area (Å²) in [5.41, 5.74) is 0.728. The molecule has 1 unspecified atom stereocenters. The minimum atomic E-state index is -3.67. The van der Waals surface area contributed by atoms with E-state index in [2.05, 4.69) is 20.1 Å². The Hall–Kier alpha value is -2.51. The fourth-order valence-corrected chi connectivity index (χ4v) is 2.74. The molecule has 1 aromatic rings. The molecule has 0 fully saturated rings. The predicted octanol–water partition coefficient (Wildman–Crippen LogP) is 2.16.